The molecule has 1 aliphatic carbocycles. The van der Waals surface area contributed by atoms with E-state index in [2.05, 4.69) is 40.2 Å². The first kappa shape index (κ1) is 16.1. The van der Waals surface area contributed by atoms with Crippen LogP contribution in [-0.4, -0.2) is 47.2 Å². The number of carbonyl (C=O) groups is 1. The number of benzene rings is 1. The van der Waals surface area contributed by atoms with Gasteiger partial charge in [-0.25, -0.2) is 0 Å². The molecule has 25 heavy (non-hydrogen) atoms. The average molecular weight is 336 g/mol. The SMILES string of the molecule is Cc1ccc(CC(=O)N2CCN(c3cc4c(nn3)CCC4)CC2)cc1. The topological polar surface area (TPSA) is 49.3 Å². The maximum Gasteiger partial charge on any atom is 0.227 e. The summed E-state index contributed by atoms with van der Waals surface area (Å²) in [6, 6.07) is 10.4. The third-order valence-corrected chi connectivity index (χ3v) is 5.24. The van der Waals surface area contributed by atoms with Gasteiger partial charge in [0.25, 0.3) is 0 Å². The summed E-state index contributed by atoms with van der Waals surface area (Å²) in [4.78, 5) is 16.7. The van der Waals surface area contributed by atoms with E-state index in [0.29, 0.717) is 6.42 Å². The predicted molar refractivity (Wildman–Crippen MR) is 97.7 cm³/mol. The van der Waals surface area contributed by atoms with Crippen molar-refractivity contribution in [1.82, 2.24) is 15.1 Å². The molecule has 0 atom stereocenters. The Hall–Kier alpha value is -2.43. The van der Waals surface area contributed by atoms with E-state index in [4.69, 9.17) is 0 Å². The molecule has 0 unspecified atom stereocenters. The second-order valence-corrected chi connectivity index (χ2v) is 7.06. The predicted octanol–water partition coefficient (Wildman–Crippen LogP) is 2.17. The summed E-state index contributed by atoms with van der Waals surface area (Å²) in [5, 5.41) is 8.77. The lowest BCUT2D eigenvalue weighted by Gasteiger charge is -2.35. The molecule has 0 spiro atoms. The molecule has 0 N–H and O–H groups in total. The van der Waals surface area contributed by atoms with E-state index in [0.717, 1.165) is 56.1 Å². The van der Waals surface area contributed by atoms with Gasteiger partial charge in [-0.2, -0.15) is 5.10 Å². The van der Waals surface area contributed by atoms with E-state index in [1.165, 1.54) is 17.5 Å². The van der Waals surface area contributed by atoms with E-state index in [-0.39, 0.29) is 5.91 Å². The van der Waals surface area contributed by atoms with Crippen molar-refractivity contribution in [2.75, 3.05) is 31.1 Å². The number of aryl methyl sites for hydroxylation is 3. The highest BCUT2D eigenvalue weighted by atomic mass is 16.2. The molecule has 130 valence electrons. The minimum Gasteiger partial charge on any atom is -0.352 e. The quantitative estimate of drug-likeness (QED) is 0.862. The molecule has 2 heterocycles. The molecule has 5 nitrogen and oxygen atoms in total. The van der Waals surface area contributed by atoms with Crippen molar-refractivity contribution in [1.29, 1.82) is 0 Å². The highest BCUT2D eigenvalue weighted by molar-refractivity contribution is 5.79. The zero-order valence-corrected chi connectivity index (χ0v) is 14.7. The molecular formula is C20H24N4O. The van der Waals surface area contributed by atoms with Gasteiger partial charge in [0, 0.05) is 26.2 Å². The Kier molecular flexibility index (Phi) is 4.38. The lowest BCUT2D eigenvalue weighted by Crippen LogP contribution is -2.49. The number of hydrogen-bond donors (Lipinski definition) is 0. The number of aromatic nitrogens is 2. The third kappa shape index (κ3) is 3.50. The van der Waals surface area contributed by atoms with Crippen LogP contribution in [0.5, 0.6) is 0 Å². The van der Waals surface area contributed by atoms with Gasteiger partial charge in [0.1, 0.15) is 0 Å². The van der Waals surface area contributed by atoms with Crippen LogP contribution < -0.4 is 4.90 Å². The maximum absolute atomic E-state index is 12.5. The first-order chi connectivity index (χ1) is 12.2. The summed E-state index contributed by atoms with van der Waals surface area (Å²) in [7, 11) is 0. The van der Waals surface area contributed by atoms with Crippen LogP contribution in [0.25, 0.3) is 0 Å². The zero-order valence-electron chi connectivity index (χ0n) is 14.7. The summed E-state index contributed by atoms with van der Waals surface area (Å²) < 4.78 is 0. The Bertz CT molecular complexity index is 764. The molecule has 0 radical (unpaired) electrons. The molecule has 0 saturated carbocycles. The fraction of sp³-hybridized carbons (Fsp3) is 0.450. The van der Waals surface area contributed by atoms with Crippen LogP contribution in [0.4, 0.5) is 5.82 Å². The summed E-state index contributed by atoms with van der Waals surface area (Å²) in [5.74, 6) is 1.18. The van der Waals surface area contributed by atoms with E-state index < -0.39 is 0 Å². The molecule has 1 aromatic carbocycles. The van der Waals surface area contributed by atoms with Crippen LogP contribution >= 0.6 is 0 Å². The summed E-state index contributed by atoms with van der Waals surface area (Å²) >= 11 is 0. The second kappa shape index (κ2) is 6.82. The molecule has 1 aromatic heterocycles. The standard InChI is InChI=1S/C20H24N4O/c1-15-5-7-16(8-6-15)13-20(25)24-11-9-23(10-12-24)19-14-17-3-2-4-18(17)21-22-19/h5-8,14H,2-4,9-13H2,1H3. The van der Waals surface area contributed by atoms with Crippen LogP contribution in [0.15, 0.2) is 30.3 Å². The van der Waals surface area contributed by atoms with Crippen LogP contribution in [0.1, 0.15) is 28.8 Å². The fourth-order valence-corrected chi connectivity index (χ4v) is 3.65. The van der Waals surface area contributed by atoms with Crippen molar-refractivity contribution >= 4 is 11.7 Å². The number of amides is 1. The number of piperazine rings is 1. The molecule has 0 bridgehead atoms. The highest BCUT2D eigenvalue weighted by Crippen LogP contribution is 2.23. The highest BCUT2D eigenvalue weighted by Gasteiger charge is 2.23. The largest absolute Gasteiger partial charge is 0.352 e. The number of rotatable bonds is 3. The molecule has 2 aromatic rings. The van der Waals surface area contributed by atoms with Crippen LogP contribution in [0, 0.1) is 6.92 Å². The van der Waals surface area contributed by atoms with E-state index in [1.807, 2.05) is 17.0 Å². The van der Waals surface area contributed by atoms with Gasteiger partial charge < -0.3 is 9.80 Å². The number of fused-ring (bicyclic) bond motifs is 1. The minimum absolute atomic E-state index is 0.212. The molecule has 5 heteroatoms. The molecule has 1 aliphatic heterocycles. The molecule has 2 aliphatic rings. The van der Waals surface area contributed by atoms with Crippen LogP contribution in [0.2, 0.25) is 0 Å². The zero-order chi connectivity index (χ0) is 17.2. The van der Waals surface area contributed by atoms with E-state index >= 15 is 0 Å². The molecule has 1 saturated heterocycles. The number of hydrogen-bond acceptors (Lipinski definition) is 4. The van der Waals surface area contributed by atoms with Crippen molar-refractivity contribution < 1.29 is 4.79 Å². The monoisotopic (exact) mass is 336 g/mol. The average Bonchev–Trinajstić information content (AvgIpc) is 3.11. The van der Waals surface area contributed by atoms with Gasteiger partial charge in [-0.15, -0.1) is 5.10 Å². The smallest absolute Gasteiger partial charge is 0.227 e. The summed E-state index contributed by atoms with van der Waals surface area (Å²) in [5.41, 5.74) is 4.82. The minimum atomic E-state index is 0.212. The normalized spacial score (nSPS) is 16.8. The molecule has 1 amide bonds. The molecule has 4 rings (SSSR count). The second-order valence-electron chi connectivity index (χ2n) is 7.06. The van der Waals surface area contributed by atoms with Crippen molar-refractivity contribution in [2.45, 2.75) is 32.6 Å². The van der Waals surface area contributed by atoms with Crippen LogP contribution in [0.3, 0.4) is 0 Å². The Morgan fingerprint density at radius 2 is 1.80 bits per heavy atom. The van der Waals surface area contributed by atoms with Gasteiger partial charge in [0.15, 0.2) is 5.82 Å². The van der Waals surface area contributed by atoms with Gasteiger partial charge in [-0.3, -0.25) is 4.79 Å². The van der Waals surface area contributed by atoms with E-state index in [9.17, 15) is 4.79 Å². The summed E-state index contributed by atoms with van der Waals surface area (Å²) in [6.45, 7) is 5.22. The Labute approximate surface area is 148 Å². The van der Waals surface area contributed by atoms with Gasteiger partial charge >= 0.3 is 0 Å². The number of nitrogens with zero attached hydrogens (tertiary/aromatic N) is 4. The molecular weight excluding hydrogens is 312 g/mol. The number of anilines is 1. The maximum atomic E-state index is 12.5. The fourth-order valence-electron chi connectivity index (χ4n) is 3.65. The first-order valence-corrected chi connectivity index (χ1v) is 9.13. The van der Waals surface area contributed by atoms with Crippen molar-refractivity contribution in [2.24, 2.45) is 0 Å². The van der Waals surface area contributed by atoms with Gasteiger partial charge in [0.05, 0.1) is 12.1 Å². The van der Waals surface area contributed by atoms with Crippen molar-refractivity contribution in [3.63, 3.8) is 0 Å². The van der Waals surface area contributed by atoms with Crippen LogP contribution in [-0.2, 0) is 24.1 Å². The summed E-state index contributed by atoms with van der Waals surface area (Å²) in [6.07, 6.45) is 3.85. The van der Waals surface area contributed by atoms with E-state index in [1.54, 1.807) is 0 Å². The van der Waals surface area contributed by atoms with Crippen molar-refractivity contribution in [3.8, 4) is 0 Å². The Balaban J connectivity index is 1.34. The Morgan fingerprint density at radius 3 is 2.56 bits per heavy atom. The van der Waals surface area contributed by atoms with Gasteiger partial charge in [-0.05, 0) is 43.4 Å². The lowest BCUT2D eigenvalue weighted by molar-refractivity contribution is -0.130. The Morgan fingerprint density at radius 1 is 1.04 bits per heavy atom. The molecule has 1 fully saturated rings. The van der Waals surface area contributed by atoms with Gasteiger partial charge in [-0.1, -0.05) is 29.8 Å². The first-order valence-electron chi connectivity index (χ1n) is 9.13. The number of carbonyl (C=O) groups excluding carboxylic acids is 1. The third-order valence-electron chi connectivity index (χ3n) is 5.24. The lowest BCUT2D eigenvalue weighted by atomic mass is 10.1. The van der Waals surface area contributed by atoms with Crippen molar-refractivity contribution in [3.05, 3.63) is 52.7 Å². The van der Waals surface area contributed by atoms with Gasteiger partial charge in [0.2, 0.25) is 5.91 Å².